The standard InChI is InChI=1S/C13H17BrOS/c1-9-8-10(16-12(9)14)11(15)13(2)6-4-3-5-7-13/h8H,3-7H2,1-2H3. The van der Waals surface area contributed by atoms with Gasteiger partial charge >= 0.3 is 0 Å². The molecular weight excluding hydrogens is 284 g/mol. The second kappa shape index (κ2) is 4.61. The lowest BCUT2D eigenvalue weighted by Crippen LogP contribution is -2.29. The molecule has 0 atom stereocenters. The Kier molecular flexibility index (Phi) is 3.55. The molecule has 1 aliphatic carbocycles. The Morgan fingerprint density at radius 3 is 2.50 bits per heavy atom. The van der Waals surface area contributed by atoms with E-state index in [1.54, 1.807) is 11.3 Å². The number of hydrogen-bond acceptors (Lipinski definition) is 2. The summed E-state index contributed by atoms with van der Waals surface area (Å²) in [4.78, 5) is 13.4. The van der Waals surface area contributed by atoms with Crippen molar-refractivity contribution in [1.29, 1.82) is 0 Å². The molecule has 1 aromatic rings. The van der Waals surface area contributed by atoms with Crippen LogP contribution in [-0.2, 0) is 0 Å². The first-order valence-electron chi connectivity index (χ1n) is 5.84. The van der Waals surface area contributed by atoms with Crippen LogP contribution >= 0.6 is 27.3 Å². The predicted molar refractivity (Wildman–Crippen MR) is 72.3 cm³/mol. The lowest BCUT2D eigenvalue weighted by atomic mass is 9.72. The number of carbonyl (C=O) groups is 1. The molecule has 2 rings (SSSR count). The van der Waals surface area contributed by atoms with Gasteiger partial charge in [0, 0.05) is 5.41 Å². The third-order valence-electron chi connectivity index (χ3n) is 3.59. The van der Waals surface area contributed by atoms with Gasteiger partial charge in [-0.2, -0.15) is 0 Å². The summed E-state index contributed by atoms with van der Waals surface area (Å²) in [6, 6.07) is 2.02. The third-order valence-corrected chi connectivity index (χ3v) is 5.72. The number of hydrogen-bond donors (Lipinski definition) is 0. The van der Waals surface area contributed by atoms with Gasteiger partial charge < -0.3 is 0 Å². The number of thiophene rings is 1. The van der Waals surface area contributed by atoms with E-state index in [0.29, 0.717) is 5.78 Å². The van der Waals surface area contributed by atoms with Crippen LogP contribution in [0.5, 0.6) is 0 Å². The first kappa shape index (κ1) is 12.3. The van der Waals surface area contributed by atoms with Gasteiger partial charge in [0.25, 0.3) is 0 Å². The molecule has 1 nitrogen and oxygen atoms in total. The molecule has 88 valence electrons. The van der Waals surface area contributed by atoms with Gasteiger partial charge in [-0.05, 0) is 47.3 Å². The Morgan fingerprint density at radius 2 is 2.00 bits per heavy atom. The largest absolute Gasteiger partial charge is 0.293 e. The second-order valence-corrected chi connectivity index (χ2v) is 7.39. The van der Waals surface area contributed by atoms with Crippen molar-refractivity contribution in [3.63, 3.8) is 0 Å². The van der Waals surface area contributed by atoms with Crippen LogP contribution in [0, 0.1) is 12.3 Å². The third kappa shape index (κ3) is 2.25. The Bertz CT molecular complexity index is 383. The highest BCUT2D eigenvalue weighted by Crippen LogP contribution is 2.41. The van der Waals surface area contributed by atoms with E-state index >= 15 is 0 Å². The number of carbonyl (C=O) groups excluding carboxylic acids is 1. The molecule has 16 heavy (non-hydrogen) atoms. The number of ketones is 1. The number of Topliss-reactive ketones (excluding diaryl/α,β-unsaturated/α-hetero) is 1. The van der Waals surface area contributed by atoms with Crippen molar-refractivity contribution in [3.8, 4) is 0 Å². The van der Waals surface area contributed by atoms with Crippen LogP contribution in [0.2, 0.25) is 0 Å². The molecule has 0 saturated heterocycles. The Morgan fingerprint density at radius 1 is 1.38 bits per heavy atom. The SMILES string of the molecule is Cc1cc(C(=O)C2(C)CCCCC2)sc1Br. The van der Waals surface area contributed by atoms with E-state index in [4.69, 9.17) is 0 Å². The van der Waals surface area contributed by atoms with Crippen molar-refractivity contribution in [2.45, 2.75) is 46.0 Å². The van der Waals surface area contributed by atoms with E-state index in [1.165, 1.54) is 24.8 Å². The molecular formula is C13H17BrOS. The molecule has 0 unspecified atom stereocenters. The molecule has 3 heteroatoms. The number of halogens is 1. The molecule has 0 radical (unpaired) electrons. The lowest BCUT2D eigenvalue weighted by Gasteiger charge is -2.31. The van der Waals surface area contributed by atoms with Crippen LogP contribution in [-0.4, -0.2) is 5.78 Å². The summed E-state index contributed by atoms with van der Waals surface area (Å²) in [6.07, 6.45) is 5.80. The predicted octanol–water partition coefficient (Wildman–Crippen LogP) is 4.97. The molecule has 1 heterocycles. The van der Waals surface area contributed by atoms with Gasteiger partial charge in [-0.25, -0.2) is 0 Å². The van der Waals surface area contributed by atoms with E-state index in [2.05, 4.69) is 22.9 Å². The number of aryl methyl sites for hydroxylation is 1. The Hall–Kier alpha value is -0.150. The van der Waals surface area contributed by atoms with E-state index in [9.17, 15) is 4.79 Å². The molecule has 0 spiro atoms. The van der Waals surface area contributed by atoms with Crippen LogP contribution in [0.25, 0.3) is 0 Å². The maximum absolute atomic E-state index is 12.5. The van der Waals surface area contributed by atoms with Gasteiger partial charge in [-0.3, -0.25) is 4.79 Å². The van der Waals surface area contributed by atoms with Gasteiger partial charge in [-0.1, -0.05) is 26.2 Å². The van der Waals surface area contributed by atoms with Crippen molar-refractivity contribution < 1.29 is 4.79 Å². The summed E-state index contributed by atoms with van der Waals surface area (Å²) in [6.45, 7) is 4.18. The molecule has 0 bridgehead atoms. The van der Waals surface area contributed by atoms with Crippen LogP contribution < -0.4 is 0 Å². The minimum atomic E-state index is -0.102. The molecule has 0 amide bonds. The average Bonchev–Trinajstić information content (AvgIpc) is 2.59. The van der Waals surface area contributed by atoms with Gasteiger partial charge in [0.1, 0.15) is 0 Å². The van der Waals surface area contributed by atoms with Crippen LogP contribution in [0.3, 0.4) is 0 Å². The first-order valence-corrected chi connectivity index (χ1v) is 7.45. The summed E-state index contributed by atoms with van der Waals surface area (Å²) in [5.41, 5.74) is 1.07. The number of rotatable bonds is 2. The Balaban J connectivity index is 2.23. The summed E-state index contributed by atoms with van der Waals surface area (Å²) in [7, 11) is 0. The smallest absolute Gasteiger partial charge is 0.178 e. The van der Waals surface area contributed by atoms with E-state index in [1.807, 2.05) is 13.0 Å². The van der Waals surface area contributed by atoms with Crippen LogP contribution in [0.15, 0.2) is 9.85 Å². The maximum Gasteiger partial charge on any atom is 0.178 e. The summed E-state index contributed by atoms with van der Waals surface area (Å²) >= 11 is 5.07. The van der Waals surface area contributed by atoms with Crippen LogP contribution in [0.4, 0.5) is 0 Å². The molecule has 0 N–H and O–H groups in total. The normalized spacial score (nSPS) is 19.7. The van der Waals surface area contributed by atoms with Crippen molar-refractivity contribution in [3.05, 3.63) is 20.3 Å². The van der Waals surface area contributed by atoms with Crippen molar-refractivity contribution in [2.75, 3.05) is 0 Å². The average molecular weight is 301 g/mol. The Labute approximate surface area is 109 Å². The first-order chi connectivity index (χ1) is 7.53. The van der Waals surface area contributed by atoms with Gasteiger partial charge in [0.2, 0.25) is 0 Å². The van der Waals surface area contributed by atoms with Gasteiger partial charge in [-0.15, -0.1) is 11.3 Å². The minimum Gasteiger partial charge on any atom is -0.293 e. The highest BCUT2D eigenvalue weighted by molar-refractivity contribution is 9.11. The zero-order chi connectivity index (χ0) is 11.8. The lowest BCUT2D eigenvalue weighted by molar-refractivity contribution is 0.0754. The van der Waals surface area contributed by atoms with Crippen molar-refractivity contribution >= 4 is 33.0 Å². The molecule has 1 fully saturated rings. The summed E-state index contributed by atoms with van der Waals surface area (Å²) in [5.74, 6) is 0.353. The fraction of sp³-hybridized carbons (Fsp3) is 0.615. The van der Waals surface area contributed by atoms with Gasteiger partial charge in [0.05, 0.1) is 8.66 Å². The van der Waals surface area contributed by atoms with Crippen LogP contribution in [0.1, 0.15) is 54.3 Å². The monoisotopic (exact) mass is 300 g/mol. The summed E-state index contributed by atoms with van der Waals surface area (Å²) < 4.78 is 1.09. The fourth-order valence-corrected chi connectivity index (χ4v) is 4.05. The highest BCUT2D eigenvalue weighted by atomic mass is 79.9. The molecule has 0 aliphatic heterocycles. The zero-order valence-electron chi connectivity index (χ0n) is 9.81. The van der Waals surface area contributed by atoms with E-state index < -0.39 is 0 Å². The molecule has 1 aromatic heterocycles. The highest BCUT2D eigenvalue weighted by Gasteiger charge is 2.35. The van der Waals surface area contributed by atoms with E-state index in [-0.39, 0.29) is 5.41 Å². The second-order valence-electron chi connectivity index (χ2n) is 5.02. The molecule has 1 saturated carbocycles. The zero-order valence-corrected chi connectivity index (χ0v) is 12.2. The maximum atomic E-state index is 12.5. The van der Waals surface area contributed by atoms with E-state index in [0.717, 1.165) is 21.5 Å². The van der Waals surface area contributed by atoms with Gasteiger partial charge in [0.15, 0.2) is 5.78 Å². The molecule has 1 aliphatic rings. The van der Waals surface area contributed by atoms with Crippen molar-refractivity contribution in [2.24, 2.45) is 5.41 Å². The minimum absolute atomic E-state index is 0.102. The van der Waals surface area contributed by atoms with Crippen molar-refractivity contribution in [1.82, 2.24) is 0 Å². The fourth-order valence-electron chi connectivity index (χ4n) is 2.43. The summed E-state index contributed by atoms with van der Waals surface area (Å²) in [5, 5.41) is 0. The quantitative estimate of drug-likeness (QED) is 0.705. The molecule has 0 aromatic carbocycles. The topological polar surface area (TPSA) is 17.1 Å².